The van der Waals surface area contributed by atoms with Gasteiger partial charge in [-0.1, -0.05) is 12.1 Å². The van der Waals surface area contributed by atoms with E-state index in [1.54, 1.807) is 7.11 Å². The summed E-state index contributed by atoms with van der Waals surface area (Å²) in [5.74, 6) is 3.43. The highest BCUT2D eigenvalue weighted by Gasteiger charge is 2.52. The zero-order valence-electron chi connectivity index (χ0n) is 21.8. The molecule has 7 heteroatoms. The van der Waals surface area contributed by atoms with Gasteiger partial charge < -0.3 is 19.5 Å². The van der Waals surface area contributed by atoms with Crippen molar-refractivity contribution in [1.82, 2.24) is 4.90 Å². The predicted octanol–water partition coefficient (Wildman–Crippen LogP) is 5.84. The van der Waals surface area contributed by atoms with E-state index >= 15 is 0 Å². The predicted molar refractivity (Wildman–Crippen MR) is 150 cm³/mol. The molecular weight excluding hydrogens is 496 g/mol. The topological polar surface area (TPSA) is 71.4 Å². The molecule has 0 spiro atoms. The number of carbonyl (C=O) groups is 1. The molecule has 2 heterocycles. The molecule has 1 saturated heterocycles. The first-order valence-electron chi connectivity index (χ1n) is 13.9. The first-order chi connectivity index (χ1) is 18.5. The van der Waals surface area contributed by atoms with Gasteiger partial charge in [-0.15, -0.1) is 0 Å². The number of methoxy groups -OCH3 is 1. The van der Waals surface area contributed by atoms with Crippen molar-refractivity contribution in [3.8, 4) is 22.6 Å². The lowest BCUT2D eigenvalue weighted by atomic mass is 9.48. The fourth-order valence-electron chi connectivity index (χ4n) is 8.05. The van der Waals surface area contributed by atoms with Crippen LogP contribution in [0.5, 0.6) is 11.5 Å². The van der Waals surface area contributed by atoms with Gasteiger partial charge in [0.05, 0.1) is 25.2 Å². The van der Waals surface area contributed by atoms with Crippen molar-refractivity contribution in [3.05, 3.63) is 52.4 Å². The molecule has 2 aromatic carbocycles. The van der Waals surface area contributed by atoms with Crippen LogP contribution in [0.1, 0.15) is 49.7 Å². The molecule has 2 aromatic rings. The van der Waals surface area contributed by atoms with Crippen molar-refractivity contribution in [2.75, 3.05) is 33.4 Å². The summed E-state index contributed by atoms with van der Waals surface area (Å²) in [7, 11) is 1.69. The Balaban J connectivity index is 1.21. The van der Waals surface area contributed by atoms with Crippen LogP contribution in [0.4, 0.5) is 0 Å². The fourth-order valence-corrected chi connectivity index (χ4v) is 9.01. The molecule has 0 aromatic heterocycles. The Labute approximate surface area is 228 Å². The number of morpholine rings is 1. The lowest BCUT2D eigenvalue weighted by Gasteiger charge is -2.57. The number of phenols is 1. The number of rotatable bonds is 4. The van der Waals surface area contributed by atoms with Crippen LogP contribution in [-0.2, 0) is 14.9 Å². The molecule has 2 aliphatic heterocycles. The van der Waals surface area contributed by atoms with Crippen molar-refractivity contribution < 1.29 is 19.4 Å². The van der Waals surface area contributed by atoms with Crippen molar-refractivity contribution in [2.24, 2.45) is 22.7 Å². The zero-order valence-corrected chi connectivity index (χ0v) is 22.6. The summed E-state index contributed by atoms with van der Waals surface area (Å²) in [6.07, 6.45) is 9.64. The summed E-state index contributed by atoms with van der Waals surface area (Å²) in [5, 5.41) is 11.8. The minimum Gasteiger partial charge on any atom is -0.508 e. The van der Waals surface area contributed by atoms with Crippen LogP contribution >= 0.6 is 11.8 Å². The SMILES string of the molecule is COc1ccc(C=C2SC(N3CCOCC3)=NC2=O)cc1-c1ccc(O)c(C23CC4CC(CC(C4)C2)C3)c1. The summed E-state index contributed by atoms with van der Waals surface area (Å²) in [5.41, 5.74) is 4.16. The normalized spacial score (nSPS) is 31.2. The molecule has 4 bridgehead atoms. The van der Waals surface area contributed by atoms with E-state index in [9.17, 15) is 9.90 Å². The van der Waals surface area contributed by atoms with E-state index in [1.165, 1.54) is 50.3 Å². The number of nitrogens with zero attached hydrogens (tertiary/aromatic N) is 2. The number of amides is 1. The molecule has 0 atom stereocenters. The van der Waals surface area contributed by atoms with Crippen LogP contribution in [-0.4, -0.2) is 54.5 Å². The zero-order chi connectivity index (χ0) is 25.9. The van der Waals surface area contributed by atoms with Gasteiger partial charge in [0.2, 0.25) is 0 Å². The average molecular weight is 531 g/mol. The maximum absolute atomic E-state index is 12.7. The standard InChI is InChI=1S/C31H34N2O4S/c1-36-27-5-2-19(14-28-29(35)32-30(38-28)33-6-8-37-9-7-33)13-24(27)23-3-4-26(34)25(15-23)31-16-20-10-21(17-31)12-22(11-20)18-31/h2-5,13-15,20-22,34H,6-12,16-18H2,1H3. The average Bonchev–Trinajstić information content (AvgIpc) is 3.28. The molecule has 4 saturated carbocycles. The van der Waals surface area contributed by atoms with Crippen molar-refractivity contribution in [2.45, 2.75) is 43.9 Å². The number of benzene rings is 2. The Hall–Kier alpha value is -2.77. The second-order valence-corrected chi connectivity index (χ2v) is 12.8. The van der Waals surface area contributed by atoms with Crippen LogP contribution < -0.4 is 4.74 Å². The third kappa shape index (κ3) is 4.24. The van der Waals surface area contributed by atoms with Gasteiger partial charge in [0.15, 0.2) is 5.17 Å². The minimum atomic E-state index is -0.192. The lowest BCUT2D eigenvalue weighted by molar-refractivity contribution is -0.113. The second kappa shape index (κ2) is 9.45. The number of aromatic hydroxyl groups is 1. The number of ether oxygens (including phenoxy) is 2. The summed E-state index contributed by atoms with van der Waals surface area (Å²) < 4.78 is 11.2. The van der Waals surface area contributed by atoms with Gasteiger partial charge in [-0.05, 0) is 115 Å². The molecule has 1 N–H and O–H groups in total. The molecule has 6 aliphatic rings. The number of carbonyl (C=O) groups excluding carboxylic acids is 1. The first kappa shape index (κ1) is 24.3. The summed E-state index contributed by atoms with van der Waals surface area (Å²) in [6.45, 7) is 2.83. The van der Waals surface area contributed by atoms with Gasteiger partial charge in [-0.3, -0.25) is 4.79 Å². The van der Waals surface area contributed by atoms with E-state index in [-0.39, 0.29) is 11.3 Å². The van der Waals surface area contributed by atoms with E-state index < -0.39 is 0 Å². The second-order valence-electron chi connectivity index (χ2n) is 11.8. The Morgan fingerprint density at radius 2 is 1.76 bits per heavy atom. The fraction of sp³-hybridized carbons (Fsp3) is 0.484. The molecule has 1 amide bonds. The van der Waals surface area contributed by atoms with Crippen molar-refractivity contribution >= 4 is 28.9 Å². The van der Waals surface area contributed by atoms with Crippen molar-refractivity contribution in [1.29, 1.82) is 0 Å². The molecule has 0 radical (unpaired) electrons. The van der Waals surface area contributed by atoms with Gasteiger partial charge in [-0.2, -0.15) is 4.99 Å². The quantitative estimate of drug-likeness (QED) is 0.501. The maximum atomic E-state index is 12.7. The highest BCUT2D eigenvalue weighted by Crippen LogP contribution is 2.62. The Bertz CT molecular complexity index is 1310. The summed E-state index contributed by atoms with van der Waals surface area (Å²) in [4.78, 5) is 19.8. The third-order valence-corrected chi connectivity index (χ3v) is 10.4. The first-order valence-corrected chi connectivity index (χ1v) is 14.7. The summed E-state index contributed by atoms with van der Waals surface area (Å²) >= 11 is 1.44. The molecule has 198 valence electrons. The van der Waals surface area contributed by atoms with Crippen LogP contribution in [0.3, 0.4) is 0 Å². The van der Waals surface area contributed by atoms with Gasteiger partial charge >= 0.3 is 0 Å². The highest BCUT2D eigenvalue weighted by atomic mass is 32.2. The van der Waals surface area contributed by atoms with E-state index in [1.807, 2.05) is 30.3 Å². The van der Waals surface area contributed by atoms with Gasteiger partial charge in [0.1, 0.15) is 11.5 Å². The minimum absolute atomic E-state index is 0.0990. The number of phenolic OH excluding ortho intramolecular Hbond substituents is 1. The number of hydrogen-bond acceptors (Lipinski definition) is 6. The molecule has 6 nitrogen and oxygen atoms in total. The lowest BCUT2D eigenvalue weighted by Crippen LogP contribution is -2.48. The van der Waals surface area contributed by atoms with E-state index in [2.05, 4.69) is 22.0 Å². The van der Waals surface area contributed by atoms with Gasteiger partial charge in [0, 0.05) is 24.2 Å². The highest BCUT2D eigenvalue weighted by molar-refractivity contribution is 8.18. The molecule has 0 unspecified atom stereocenters. The Morgan fingerprint density at radius 1 is 1.05 bits per heavy atom. The molecule has 8 rings (SSSR count). The van der Waals surface area contributed by atoms with E-state index in [4.69, 9.17) is 9.47 Å². The molecule has 5 fully saturated rings. The molecular formula is C31H34N2O4S. The molecule has 38 heavy (non-hydrogen) atoms. The Kier molecular flexibility index (Phi) is 6.04. The summed E-state index contributed by atoms with van der Waals surface area (Å²) in [6, 6.07) is 12.1. The number of thioether (sulfide) groups is 1. The maximum Gasteiger partial charge on any atom is 0.286 e. The Morgan fingerprint density at radius 3 is 2.45 bits per heavy atom. The number of hydrogen-bond donors (Lipinski definition) is 1. The van der Waals surface area contributed by atoms with Crippen LogP contribution in [0.2, 0.25) is 0 Å². The van der Waals surface area contributed by atoms with Crippen molar-refractivity contribution in [3.63, 3.8) is 0 Å². The van der Waals surface area contributed by atoms with Crippen LogP contribution in [0, 0.1) is 17.8 Å². The largest absolute Gasteiger partial charge is 0.508 e. The number of amidine groups is 1. The molecule has 4 aliphatic carbocycles. The third-order valence-electron chi connectivity index (χ3n) is 9.33. The van der Waals surface area contributed by atoms with Crippen LogP contribution in [0.25, 0.3) is 17.2 Å². The van der Waals surface area contributed by atoms with Crippen LogP contribution in [0.15, 0.2) is 46.3 Å². The van der Waals surface area contributed by atoms with E-state index in [0.717, 1.165) is 64.0 Å². The van der Waals surface area contributed by atoms with E-state index in [0.29, 0.717) is 23.9 Å². The monoisotopic (exact) mass is 530 g/mol. The van der Waals surface area contributed by atoms with Gasteiger partial charge in [-0.25, -0.2) is 0 Å². The number of aliphatic imine (C=N–C) groups is 1. The smallest absolute Gasteiger partial charge is 0.286 e. The van der Waals surface area contributed by atoms with Gasteiger partial charge in [0.25, 0.3) is 5.91 Å².